The maximum Gasteiger partial charge on any atom is 0.416 e. The van der Waals surface area contributed by atoms with Crippen LogP contribution in [0.4, 0.5) is 35.0 Å². The van der Waals surface area contributed by atoms with Crippen LogP contribution < -0.4 is 20.3 Å². The van der Waals surface area contributed by atoms with Crippen molar-refractivity contribution in [2.45, 2.75) is 31.9 Å². The Morgan fingerprint density at radius 2 is 1.63 bits per heavy atom. The third kappa shape index (κ3) is 5.80. The highest BCUT2D eigenvalue weighted by Gasteiger charge is 2.33. The number of nitrogens with one attached hydrogen (secondary N) is 2. The number of halogens is 3. The molecule has 2 saturated heterocycles. The highest BCUT2D eigenvalue weighted by molar-refractivity contribution is 5.95. The summed E-state index contributed by atoms with van der Waals surface area (Å²) in [6, 6.07) is 10.1. The van der Waals surface area contributed by atoms with Gasteiger partial charge in [-0.25, -0.2) is 4.79 Å². The van der Waals surface area contributed by atoms with Gasteiger partial charge < -0.3 is 25.2 Å². The van der Waals surface area contributed by atoms with Gasteiger partial charge in [0.2, 0.25) is 5.91 Å². The minimum atomic E-state index is -4.50. The quantitative estimate of drug-likeness (QED) is 0.605. The number of anilines is 3. The first kappa shape index (κ1) is 24.7. The van der Waals surface area contributed by atoms with E-state index in [0.29, 0.717) is 43.1 Å². The fraction of sp³-hybridized carbons (Fsp3) is 0.440. The predicted octanol–water partition coefficient (Wildman–Crippen LogP) is 5.20. The predicted molar refractivity (Wildman–Crippen MR) is 128 cm³/mol. The third-order valence-electron chi connectivity index (χ3n) is 6.53. The minimum absolute atomic E-state index is 0.149. The standard InChI is InChI=1S/C25H29F3N4O3/c1-35-22-7-3-2-6-19(22)29-23(33)17-10-14-32(15-11-17)24(34)30-20-16-18(25(26,27)28)8-9-21(20)31-12-4-5-13-31/h2-3,6-9,16-17H,4-5,10-15H2,1H3,(H,29,33)(H,30,34). The molecule has 2 aromatic carbocycles. The molecule has 0 atom stereocenters. The van der Waals surface area contributed by atoms with E-state index in [-0.39, 0.29) is 17.5 Å². The number of alkyl halides is 3. The van der Waals surface area contributed by atoms with Crippen molar-refractivity contribution in [1.82, 2.24) is 4.90 Å². The summed E-state index contributed by atoms with van der Waals surface area (Å²) in [5.74, 6) is 0.133. The highest BCUT2D eigenvalue weighted by Crippen LogP contribution is 2.37. The van der Waals surface area contributed by atoms with Gasteiger partial charge in [-0.3, -0.25) is 4.79 Å². The molecule has 3 amide bonds. The van der Waals surface area contributed by atoms with Crippen molar-refractivity contribution in [3.8, 4) is 5.75 Å². The Morgan fingerprint density at radius 1 is 0.943 bits per heavy atom. The van der Waals surface area contributed by atoms with Crippen molar-refractivity contribution in [2.75, 3.05) is 48.8 Å². The van der Waals surface area contributed by atoms with E-state index in [1.54, 1.807) is 23.1 Å². The monoisotopic (exact) mass is 490 g/mol. The van der Waals surface area contributed by atoms with Crippen LogP contribution >= 0.6 is 0 Å². The zero-order valence-corrected chi connectivity index (χ0v) is 19.5. The summed E-state index contributed by atoms with van der Waals surface area (Å²) in [4.78, 5) is 29.2. The Kier molecular flexibility index (Phi) is 7.37. The molecule has 2 aliphatic rings. The number of rotatable bonds is 5. The lowest BCUT2D eigenvalue weighted by atomic mass is 9.96. The van der Waals surface area contributed by atoms with Crippen molar-refractivity contribution in [3.63, 3.8) is 0 Å². The van der Waals surface area contributed by atoms with Gasteiger partial charge in [0.25, 0.3) is 0 Å². The lowest BCUT2D eigenvalue weighted by molar-refractivity contribution is -0.137. The number of methoxy groups -OCH3 is 1. The topological polar surface area (TPSA) is 73.9 Å². The molecule has 0 aromatic heterocycles. The fourth-order valence-electron chi connectivity index (χ4n) is 4.57. The lowest BCUT2D eigenvalue weighted by Gasteiger charge is -2.32. The summed E-state index contributed by atoms with van der Waals surface area (Å²) in [7, 11) is 1.53. The van der Waals surface area contributed by atoms with Crippen LogP contribution in [0.2, 0.25) is 0 Å². The van der Waals surface area contributed by atoms with Crippen LogP contribution in [0.15, 0.2) is 42.5 Å². The van der Waals surface area contributed by atoms with Crippen molar-refractivity contribution < 1.29 is 27.5 Å². The van der Waals surface area contributed by atoms with Gasteiger partial charge in [-0.15, -0.1) is 0 Å². The molecule has 4 rings (SSSR count). The molecule has 2 aliphatic heterocycles. The van der Waals surface area contributed by atoms with Crippen LogP contribution in [0.1, 0.15) is 31.2 Å². The molecular formula is C25H29F3N4O3. The zero-order chi connectivity index (χ0) is 25.0. The number of para-hydroxylation sites is 2. The molecule has 0 aliphatic carbocycles. The third-order valence-corrected chi connectivity index (χ3v) is 6.53. The fourth-order valence-corrected chi connectivity index (χ4v) is 4.57. The molecule has 35 heavy (non-hydrogen) atoms. The van der Waals surface area contributed by atoms with Crippen molar-refractivity contribution in [1.29, 1.82) is 0 Å². The van der Waals surface area contributed by atoms with E-state index in [4.69, 9.17) is 4.74 Å². The number of carbonyl (C=O) groups is 2. The number of urea groups is 1. The van der Waals surface area contributed by atoms with E-state index in [2.05, 4.69) is 10.6 Å². The largest absolute Gasteiger partial charge is 0.495 e. The minimum Gasteiger partial charge on any atom is -0.495 e. The van der Waals surface area contributed by atoms with Crippen LogP contribution in [0.5, 0.6) is 5.75 Å². The van der Waals surface area contributed by atoms with Gasteiger partial charge in [0.1, 0.15) is 5.75 Å². The number of likely N-dealkylation sites (tertiary alicyclic amines) is 1. The second-order valence-electron chi connectivity index (χ2n) is 8.80. The maximum absolute atomic E-state index is 13.3. The Morgan fingerprint density at radius 3 is 2.29 bits per heavy atom. The summed E-state index contributed by atoms with van der Waals surface area (Å²) in [5, 5.41) is 5.58. The lowest BCUT2D eigenvalue weighted by Crippen LogP contribution is -2.43. The molecule has 2 heterocycles. The normalized spacial score (nSPS) is 16.8. The van der Waals surface area contributed by atoms with Crippen LogP contribution in [-0.2, 0) is 11.0 Å². The summed E-state index contributed by atoms with van der Waals surface area (Å²) >= 11 is 0. The summed E-state index contributed by atoms with van der Waals surface area (Å²) in [6.45, 7) is 2.13. The van der Waals surface area contributed by atoms with E-state index in [9.17, 15) is 22.8 Å². The van der Waals surface area contributed by atoms with Gasteiger partial charge in [-0.05, 0) is 56.0 Å². The van der Waals surface area contributed by atoms with E-state index in [1.807, 2.05) is 11.0 Å². The van der Waals surface area contributed by atoms with Crippen LogP contribution in [0.3, 0.4) is 0 Å². The summed E-state index contributed by atoms with van der Waals surface area (Å²) < 4.78 is 45.2. The van der Waals surface area contributed by atoms with E-state index < -0.39 is 17.8 Å². The van der Waals surface area contributed by atoms with Crippen LogP contribution in [0, 0.1) is 5.92 Å². The average Bonchev–Trinajstić information content (AvgIpc) is 3.38. The Hall–Kier alpha value is -3.43. The molecule has 0 bridgehead atoms. The van der Waals surface area contributed by atoms with Gasteiger partial charge in [-0.1, -0.05) is 12.1 Å². The molecule has 2 fully saturated rings. The number of benzene rings is 2. The smallest absolute Gasteiger partial charge is 0.416 e. The number of carbonyl (C=O) groups excluding carboxylic acids is 2. The first-order chi connectivity index (χ1) is 16.8. The SMILES string of the molecule is COc1ccccc1NC(=O)C1CCN(C(=O)Nc2cc(C(F)(F)F)ccc2N2CCCC2)CC1. The first-order valence-corrected chi connectivity index (χ1v) is 11.7. The van der Waals surface area contributed by atoms with Crippen LogP contribution in [-0.4, -0.2) is 50.1 Å². The second kappa shape index (κ2) is 10.5. The Balaban J connectivity index is 1.39. The zero-order valence-electron chi connectivity index (χ0n) is 19.5. The van der Waals surface area contributed by atoms with Gasteiger partial charge in [0.05, 0.1) is 29.7 Å². The Labute approximate surface area is 202 Å². The molecular weight excluding hydrogens is 461 g/mol. The van der Waals surface area contributed by atoms with Gasteiger partial charge in [-0.2, -0.15) is 13.2 Å². The summed E-state index contributed by atoms with van der Waals surface area (Å²) in [5.41, 5.74) is 0.527. The number of hydrogen-bond acceptors (Lipinski definition) is 4. The molecule has 2 N–H and O–H groups in total. The Bertz CT molecular complexity index is 1060. The van der Waals surface area contributed by atoms with Crippen molar-refractivity contribution in [2.24, 2.45) is 5.92 Å². The molecule has 10 heteroatoms. The second-order valence-corrected chi connectivity index (χ2v) is 8.80. The molecule has 7 nitrogen and oxygen atoms in total. The molecule has 0 spiro atoms. The summed E-state index contributed by atoms with van der Waals surface area (Å²) in [6.07, 6.45) is -1.68. The van der Waals surface area contributed by atoms with Gasteiger partial charge >= 0.3 is 12.2 Å². The van der Waals surface area contributed by atoms with E-state index in [1.165, 1.54) is 13.2 Å². The average molecular weight is 491 g/mol. The van der Waals surface area contributed by atoms with Gasteiger partial charge in [0, 0.05) is 32.1 Å². The molecule has 0 saturated carbocycles. The van der Waals surface area contributed by atoms with Crippen LogP contribution in [0.25, 0.3) is 0 Å². The molecule has 2 aromatic rings. The number of piperidine rings is 1. The van der Waals surface area contributed by atoms with E-state index in [0.717, 1.165) is 38.1 Å². The maximum atomic E-state index is 13.3. The number of amides is 3. The highest BCUT2D eigenvalue weighted by atomic mass is 19.4. The number of nitrogens with zero attached hydrogens (tertiary/aromatic N) is 2. The van der Waals surface area contributed by atoms with Crippen molar-refractivity contribution in [3.05, 3.63) is 48.0 Å². The van der Waals surface area contributed by atoms with Gasteiger partial charge in [0.15, 0.2) is 0 Å². The molecule has 188 valence electrons. The van der Waals surface area contributed by atoms with E-state index >= 15 is 0 Å². The molecule has 0 unspecified atom stereocenters. The van der Waals surface area contributed by atoms with Crippen molar-refractivity contribution >= 4 is 29.0 Å². The number of hydrogen-bond donors (Lipinski definition) is 2. The number of ether oxygens (including phenoxy) is 1. The molecule has 0 radical (unpaired) electrons. The first-order valence-electron chi connectivity index (χ1n) is 11.7.